The Morgan fingerprint density at radius 3 is 2.44 bits per heavy atom. The number of allylic oxidation sites excluding steroid dienone is 2. The van der Waals surface area contributed by atoms with Gasteiger partial charge in [-0.3, -0.25) is 4.99 Å². The Morgan fingerprint density at radius 2 is 2.06 bits per heavy atom. The molecule has 0 heterocycles. The number of aliphatic imine (C=N–C) groups is 1. The standard InChI is InChI=1S/C11H16ClN3O/c1-4-8(6-15-3)11(16)10(14)7(2)5-9(12)13/h4-6,11,16H,1,3,13-14H2,2H3/b8-6+,9-5-,10-7-. The molecule has 1 atom stereocenters. The Bertz CT molecular complexity index is 365. The van der Waals surface area contributed by atoms with Gasteiger partial charge in [0.25, 0.3) is 0 Å². The van der Waals surface area contributed by atoms with Crippen LogP contribution < -0.4 is 11.5 Å². The zero-order chi connectivity index (χ0) is 12.7. The zero-order valence-corrected chi connectivity index (χ0v) is 9.91. The van der Waals surface area contributed by atoms with Crippen molar-refractivity contribution in [2.45, 2.75) is 13.0 Å². The van der Waals surface area contributed by atoms with Crippen LogP contribution in [0, 0.1) is 0 Å². The van der Waals surface area contributed by atoms with Crippen molar-refractivity contribution in [1.29, 1.82) is 0 Å². The molecule has 0 saturated carbocycles. The molecule has 0 aromatic heterocycles. The fourth-order valence-electron chi connectivity index (χ4n) is 1.03. The second-order valence-electron chi connectivity index (χ2n) is 3.09. The number of aliphatic hydroxyl groups is 1. The van der Waals surface area contributed by atoms with Gasteiger partial charge >= 0.3 is 0 Å². The molecular formula is C11H16ClN3O. The molecule has 0 rings (SSSR count). The lowest BCUT2D eigenvalue weighted by Crippen LogP contribution is -2.20. The van der Waals surface area contributed by atoms with Crippen LogP contribution in [0.4, 0.5) is 0 Å². The van der Waals surface area contributed by atoms with Crippen LogP contribution >= 0.6 is 11.6 Å². The SMILES string of the molecule is C=C/C(=C\N=C)C(O)/C(N)=C(C)/C=C(\N)Cl. The maximum atomic E-state index is 9.87. The van der Waals surface area contributed by atoms with Crippen molar-refractivity contribution in [3.8, 4) is 0 Å². The number of nitrogens with zero attached hydrogens (tertiary/aromatic N) is 1. The maximum absolute atomic E-state index is 9.87. The highest BCUT2D eigenvalue weighted by Gasteiger charge is 2.12. The highest BCUT2D eigenvalue weighted by atomic mass is 35.5. The third-order valence-corrected chi connectivity index (χ3v) is 2.01. The Morgan fingerprint density at radius 1 is 1.50 bits per heavy atom. The summed E-state index contributed by atoms with van der Waals surface area (Å²) < 4.78 is 0. The summed E-state index contributed by atoms with van der Waals surface area (Å²) in [6.07, 6.45) is 3.29. The van der Waals surface area contributed by atoms with Gasteiger partial charge in [0.05, 0.1) is 5.16 Å². The van der Waals surface area contributed by atoms with E-state index >= 15 is 0 Å². The first-order valence-corrected chi connectivity index (χ1v) is 4.87. The molecule has 4 nitrogen and oxygen atoms in total. The van der Waals surface area contributed by atoms with E-state index in [1.54, 1.807) is 6.92 Å². The lowest BCUT2D eigenvalue weighted by atomic mass is 10.0. The van der Waals surface area contributed by atoms with Gasteiger partial charge in [-0.15, -0.1) is 0 Å². The Kier molecular flexibility index (Phi) is 6.22. The topological polar surface area (TPSA) is 84.6 Å². The van der Waals surface area contributed by atoms with E-state index in [2.05, 4.69) is 18.3 Å². The number of nitrogens with two attached hydrogens (primary N) is 2. The fourth-order valence-corrected chi connectivity index (χ4v) is 1.19. The van der Waals surface area contributed by atoms with Crippen LogP contribution in [-0.4, -0.2) is 17.9 Å². The van der Waals surface area contributed by atoms with E-state index in [-0.39, 0.29) is 10.9 Å². The second kappa shape index (κ2) is 6.87. The van der Waals surface area contributed by atoms with E-state index in [1.165, 1.54) is 18.4 Å². The van der Waals surface area contributed by atoms with Crippen molar-refractivity contribution >= 4 is 18.3 Å². The molecule has 0 radical (unpaired) electrons. The first kappa shape index (κ1) is 14.5. The molecule has 5 N–H and O–H groups in total. The first-order chi connectivity index (χ1) is 7.43. The fraction of sp³-hybridized carbons (Fsp3) is 0.182. The highest BCUT2D eigenvalue weighted by Crippen LogP contribution is 2.14. The van der Waals surface area contributed by atoms with E-state index < -0.39 is 6.10 Å². The van der Waals surface area contributed by atoms with E-state index in [0.717, 1.165) is 0 Å². The lowest BCUT2D eigenvalue weighted by Gasteiger charge is -2.13. The van der Waals surface area contributed by atoms with Gasteiger partial charge in [-0.25, -0.2) is 0 Å². The van der Waals surface area contributed by atoms with Crippen LogP contribution in [0.25, 0.3) is 0 Å². The molecule has 0 bridgehead atoms. The van der Waals surface area contributed by atoms with Gasteiger partial charge in [0.15, 0.2) is 0 Å². The van der Waals surface area contributed by atoms with Crippen molar-refractivity contribution in [2.24, 2.45) is 16.5 Å². The van der Waals surface area contributed by atoms with Gasteiger partial charge in [-0.1, -0.05) is 24.3 Å². The van der Waals surface area contributed by atoms with Crippen LogP contribution in [0.1, 0.15) is 6.92 Å². The number of hydrogen-bond acceptors (Lipinski definition) is 4. The molecule has 0 fully saturated rings. The number of hydrogen-bond donors (Lipinski definition) is 3. The van der Waals surface area contributed by atoms with Crippen molar-refractivity contribution in [2.75, 3.05) is 0 Å². The molecule has 0 aromatic carbocycles. The summed E-state index contributed by atoms with van der Waals surface area (Å²) in [6, 6.07) is 0. The van der Waals surface area contributed by atoms with E-state index in [0.29, 0.717) is 11.1 Å². The Labute approximate surface area is 100 Å². The zero-order valence-electron chi connectivity index (χ0n) is 9.15. The highest BCUT2D eigenvalue weighted by molar-refractivity contribution is 6.29. The number of halogens is 1. The average Bonchev–Trinajstić information content (AvgIpc) is 2.22. The van der Waals surface area contributed by atoms with Gasteiger partial charge in [0.2, 0.25) is 0 Å². The minimum atomic E-state index is -1.00. The van der Waals surface area contributed by atoms with Gasteiger partial charge in [0.1, 0.15) is 6.10 Å². The molecule has 0 spiro atoms. The molecule has 16 heavy (non-hydrogen) atoms. The Balaban J connectivity index is 5.18. The Hall–Kier alpha value is -1.52. The summed E-state index contributed by atoms with van der Waals surface area (Å²) >= 11 is 5.50. The first-order valence-electron chi connectivity index (χ1n) is 4.49. The van der Waals surface area contributed by atoms with Crippen molar-refractivity contribution in [3.05, 3.63) is 46.9 Å². The van der Waals surface area contributed by atoms with Gasteiger partial charge < -0.3 is 16.6 Å². The van der Waals surface area contributed by atoms with Crippen molar-refractivity contribution in [1.82, 2.24) is 0 Å². The molecule has 0 saturated heterocycles. The monoisotopic (exact) mass is 241 g/mol. The molecule has 0 amide bonds. The molecular weight excluding hydrogens is 226 g/mol. The van der Waals surface area contributed by atoms with Crippen LogP contribution in [0.2, 0.25) is 0 Å². The van der Waals surface area contributed by atoms with Crippen molar-refractivity contribution in [3.63, 3.8) is 0 Å². The minimum Gasteiger partial charge on any atom is -0.399 e. The van der Waals surface area contributed by atoms with E-state index in [1.807, 2.05) is 0 Å². The molecule has 5 heteroatoms. The molecule has 0 aromatic rings. The molecule has 0 aliphatic heterocycles. The van der Waals surface area contributed by atoms with E-state index in [4.69, 9.17) is 23.1 Å². The van der Waals surface area contributed by atoms with E-state index in [9.17, 15) is 5.11 Å². The lowest BCUT2D eigenvalue weighted by molar-refractivity contribution is 0.247. The quantitative estimate of drug-likeness (QED) is 0.386. The summed E-state index contributed by atoms with van der Waals surface area (Å²) in [5.41, 5.74) is 12.3. The number of aliphatic hydroxyl groups excluding tert-OH is 1. The average molecular weight is 242 g/mol. The van der Waals surface area contributed by atoms with Crippen LogP contribution in [0.15, 0.2) is 51.9 Å². The third-order valence-electron chi connectivity index (χ3n) is 1.90. The van der Waals surface area contributed by atoms with Gasteiger partial charge in [-0.05, 0) is 25.3 Å². The minimum absolute atomic E-state index is 0.0960. The molecule has 1 unspecified atom stereocenters. The summed E-state index contributed by atoms with van der Waals surface area (Å²) in [7, 11) is 0. The molecule has 88 valence electrons. The smallest absolute Gasteiger partial charge is 0.120 e. The largest absolute Gasteiger partial charge is 0.399 e. The summed E-state index contributed by atoms with van der Waals surface area (Å²) in [6.45, 7) is 8.52. The second-order valence-corrected chi connectivity index (χ2v) is 3.52. The third kappa shape index (κ3) is 4.33. The van der Waals surface area contributed by atoms with Gasteiger partial charge in [0, 0.05) is 17.5 Å². The van der Waals surface area contributed by atoms with Gasteiger partial charge in [-0.2, -0.15) is 0 Å². The summed E-state index contributed by atoms with van der Waals surface area (Å²) in [5.74, 6) is 0. The predicted octanol–water partition coefficient (Wildman–Crippen LogP) is 1.39. The van der Waals surface area contributed by atoms with Crippen LogP contribution in [-0.2, 0) is 0 Å². The summed E-state index contributed by atoms with van der Waals surface area (Å²) in [4.78, 5) is 3.54. The normalized spacial score (nSPS) is 16.4. The molecule has 0 aliphatic rings. The van der Waals surface area contributed by atoms with Crippen LogP contribution in [0.3, 0.4) is 0 Å². The van der Waals surface area contributed by atoms with Crippen molar-refractivity contribution < 1.29 is 5.11 Å². The predicted molar refractivity (Wildman–Crippen MR) is 68.8 cm³/mol. The van der Waals surface area contributed by atoms with Crippen LogP contribution in [0.5, 0.6) is 0 Å². The molecule has 0 aliphatic carbocycles. The summed E-state index contributed by atoms with van der Waals surface area (Å²) in [5, 5.41) is 9.96. The number of rotatable bonds is 5. The maximum Gasteiger partial charge on any atom is 0.120 e.